The molecule has 1 saturated heterocycles. The Labute approximate surface area is 87.2 Å². The van der Waals surface area contributed by atoms with Gasteiger partial charge in [0.25, 0.3) is 0 Å². The number of hydrogen-bond acceptors (Lipinski definition) is 2. The highest BCUT2D eigenvalue weighted by atomic mass is 16.5. The molecule has 2 fully saturated rings. The Bertz CT molecular complexity index is 160. The second-order valence-corrected chi connectivity index (χ2v) is 4.92. The lowest BCUT2D eigenvalue weighted by atomic mass is 9.78. The third kappa shape index (κ3) is 2.71. The maximum atomic E-state index is 6.14. The number of ether oxygens (including phenoxy) is 1. The van der Waals surface area contributed by atoms with Crippen LogP contribution in [-0.4, -0.2) is 18.8 Å². The van der Waals surface area contributed by atoms with Crippen LogP contribution in [0.3, 0.4) is 0 Å². The molecule has 0 aromatic carbocycles. The lowest BCUT2D eigenvalue weighted by Gasteiger charge is -2.32. The second-order valence-electron chi connectivity index (χ2n) is 4.92. The van der Waals surface area contributed by atoms with Crippen LogP contribution in [-0.2, 0) is 4.74 Å². The van der Waals surface area contributed by atoms with E-state index in [9.17, 15) is 0 Å². The molecular formula is C12H23NO. The van der Waals surface area contributed by atoms with Crippen molar-refractivity contribution < 1.29 is 4.74 Å². The fraction of sp³-hybridized carbons (Fsp3) is 1.00. The largest absolute Gasteiger partial charge is 0.378 e. The molecule has 82 valence electrons. The van der Waals surface area contributed by atoms with Gasteiger partial charge in [0.2, 0.25) is 0 Å². The summed E-state index contributed by atoms with van der Waals surface area (Å²) < 4.78 is 5.70. The van der Waals surface area contributed by atoms with Gasteiger partial charge in [-0.05, 0) is 50.9 Å². The van der Waals surface area contributed by atoms with Crippen LogP contribution >= 0.6 is 0 Å². The SMILES string of the molecule is NC(CCC1CCCCO1)C1CCC1. The molecule has 1 aliphatic heterocycles. The first-order chi connectivity index (χ1) is 6.86. The Morgan fingerprint density at radius 2 is 2.00 bits per heavy atom. The highest BCUT2D eigenvalue weighted by Crippen LogP contribution is 2.31. The molecule has 0 bridgehead atoms. The maximum Gasteiger partial charge on any atom is 0.0575 e. The van der Waals surface area contributed by atoms with Crippen LogP contribution in [0.15, 0.2) is 0 Å². The minimum Gasteiger partial charge on any atom is -0.378 e. The summed E-state index contributed by atoms with van der Waals surface area (Å²) in [6.07, 6.45) is 10.9. The second kappa shape index (κ2) is 5.13. The summed E-state index contributed by atoms with van der Waals surface area (Å²) >= 11 is 0. The Morgan fingerprint density at radius 3 is 2.57 bits per heavy atom. The summed E-state index contributed by atoms with van der Waals surface area (Å²) in [6.45, 7) is 0.976. The van der Waals surface area contributed by atoms with Crippen molar-refractivity contribution in [2.24, 2.45) is 11.7 Å². The lowest BCUT2D eigenvalue weighted by Crippen LogP contribution is -2.35. The van der Waals surface area contributed by atoms with Crippen LogP contribution in [0.25, 0.3) is 0 Å². The van der Waals surface area contributed by atoms with Gasteiger partial charge in [-0.15, -0.1) is 0 Å². The van der Waals surface area contributed by atoms with Crippen LogP contribution in [0, 0.1) is 5.92 Å². The average molecular weight is 197 g/mol. The summed E-state index contributed by atoms with van der Waals surface area (Å²) in [4.78, 5) is 0. The first-order valence-electron chi connectivity index (χ1n) is 6.23. The highest BCUT2D eigenvalue weighted by Gasteiger charge is 2.25. The first kappa shape index (κ1) is 10.4. The molecule has 2 unspecified atom stereocenters. The Hall–Kier alpha value is -0.0800. The average Bonchev–Trinajstić information content (AvgIpc) is 2.14. The van der Waals surface area contributed by atoms with Gasteiger partial charge in [-0.1, -0.05) is 6.42 Å². The smallest absolute Gasteiger partial charge is 0.0575 e. The van der Waals surface area contributed by atoms with Gasteiger partial charge < -0.3 is 10.5 Å². The van der Waals surface area contributed by atoms with E-state index in [0.29, 0.717) is 12.1 Å². The van der Waals surface area contributed by atoms with Crippen molar-refractivity contribution in [3.63, 3.8) is 0 Å². The van der Waals surface area contributed by atoms with Crippen molar-refractivity contribution in [3.8, 4) is 0 Å². The molecule has 2 aliphatic rings. The fourth-order valence-electron chi connectivity index (χ4n) is 2.52. The van der Waals surface area contributed by atoms with Crippen LogP contribution in [0.1, 0.15) is 51.4 Å². The van der Waals surface area contributed by atoms with E-state index < -0.39 is 0 Å². The Kier molecular flexibility index (Phi) is 3.82. The van der Waals surface area contributed by atoms with Gasteiger partial charge in [0.1, 0.15) is 0 Å². The third-order valence-electron chi connectivity index (χ3n) is 3.85. The zero-order valence-corrected chi connectivity index (χ0v) is 9.08. The van der Waals surface area contributed by atoms with Crippen LogP contribution < -0.4 is 5.73 Å². The van der Waals surface area contributed by atoms with Crippen molar-refractivity contribution in [3.05, 3.63) is 0 Å². The van der Waals surface area contributed by atoms with Gasteiger partial charge >= 0.3 is 0 Å². The minimum absolute atomic E-state index is 0.453. The Morgan fingerprint density at radius 1 is 1.14 bits per heavy atom. The topological polar surface area (TPSA) is 35.2 Å². The monoisotopic (exact) mass is 197 g/mol. The molecule has 2 rings (SSSR count). The predicted octanol–water partition coefficient (Wildman–Crippen LogP) is 2.46. The molecular weight excluding hydrogens is 174 g/mol. The van der Waals surface area contributed by atoms with Gasteiger partial charge in [0.15, 0.2) is 0 Å². The summed E-state index contributed by atoms with van der Waals surface area (Å²) in [5, 5.41) is 0. The van der Waals surface area contributed by atoms with Gasteiger partial charge in [0.05, 0.1) is 6.10 Å². The lowest BCUT2D eigenvalue weighted by molar-refractivity contribution is 0.00746. The Balaban J connectivity index is 1.60. The first-order valence-corrected chi connectivity index (χ1v) is 6.23. The highest BCUT2D eigenvalue weighted by molar-refractivity contribution is 4.81. The fourth-order valence-corrected chi connectivity index (χ4v) is 2.52. The van der Waals surface area contributed by atoms with E-state index in [4.69, 9.17) is 10.5 Å². The van der Waals surface area contributed by atoms with Gasteiger partial charge in [-0.25, -0.2) is 0 Å². The maximum absolute atomic E-state index is 6.14. The molecule has 0 spiro atoms. The zero-order chi connectivity index (χ0) is 9.80. The van der Waals surface area contributed by atoms with E-state index in [1.54, 1.807) is 0 Å². The van der Waals surface area contributed by atoms with E-state index in [1.165, 1.54) is 51.4 Å². The minimum atomic E-state index is 0.453. The predicted molar refractivity (Wildman–Crippen MR) is 58.1 cm³/mol. The summed E-state index contributed by atoms with van der Waals surface area (Å²) in [5.74, 6) is 0.832. The van der Waals surface area contributed by atoms with Crippen molar-refractivity contribution in [1.29, 1.82) is 0 Å². The molecule has 0 aromatic heterocycles. The molecule has 0 aromatic rings. The van der Waals surface area contributed by atoms with Crippen molar-refractivity contribution in [2.45, 2.75) is 63.5 Å². The molecule has 2 atom stereocenters. The third-order valence-corrected chi connectivity index (χ3v) is 3.85. The molecule has 2 nitrogen and oxygen atoms in total. The van der Waals surface area contributed by atoms with Crippen LogP contribution in [0.4, 0.5) is 0 Å². The zero-order valence-electron chi connectivity index (χ0n) is 9.08. The molecule has 2 N–H and O–H groups in total. The van der Waals surface area contributed by atoms with Crippen LogP contribution in [0.2, 0.25) is 0 Å². The van der Waals surface area contributed by atoms with E-state index in [-0.39, 0.29) is 0 Å². The van der Waals surface area contributed by atoms with Gasteiger partial charge in [-0.3, -0.25) is 0 Å². The molecule has 1 saturated carbocycles. The molecule has 2 heteroatoms. The van der Waals surface area contributed by atoms with Gasteiger partial charge in [0, 0.05) is 12.6 Å². The van der Waals surface area contributed by atoms with Crippen molar-refractivity contribution in [2.75, 3.05) is 6.61 Å². The summed E-state index contributed by atoms with van der Waals surface area (Å²) in [6, 6.07) is 0.453. The van der Waals surface area contributed by atoms with Gasteiger partial charge in [-0.2, -0.15) is 0 Å². The standard InChI is InChI=1S/C12H23NO/c13-12(10-4-3-5-10)8-7-11-6-1-2-9-14-11/h10-12H,1-9,13H2. The number of hydrogen-bond donors (Lipinski definition) is 1. The molecule has 1 aliphatic carbocycles. The van der Waals surface area contributed by atoms with Crippen LogP contribution in [0.5, 0.6) is 0 Å². The van der Waals surface area contributed by atoms with E-state index in [2.05, 4.69) is 0 Å². The van der Waals surface area contributed by atoms with Crippen molar-refractivity contribution in [1.82, 2.24) is 0 Å². The van der Waals surface area contributed by atoms with E-state index >= 15 is 0 Å². The normalized spacial score (nSPS) is 31.1. The number of rotatable bonds is 4. The molecule has 0 amide bonds. The quantitative estimate of drug-likeness (QED) is 0.751. The summed E-state index contributed by atoms with van der Waals surface area (Å²) in [5.41, 5.74) is 6.14. The van der Waals surface area contributed by atoms with Crippen molar-refractivity contribution >= 4 is 0 Å². The molecule has 1 heterocycles. The number of nitrogens with two attached hydrogens (primary N) is 1. The van der Waals surface area contributed by atoms with E-state index in [1.807, 2.05) is 0 Å². The molecule has 14 heavy (non-hydrogen) atoms. The summed E-state index contributed by atoms with van der Waals surface area (Å²) in [7, 11) is 0. The van der Waals surface area contributed by atoms with E-state index in [0.717, 1.165) is 12.5 Å². The molecule has 0 radical (unpaired) electrons.